The number of unbranched alkanes of at least 4 members (excludes halogenated alkanes) is 38. The molecule has 0 aromatic heterocycles. The number of esters is 3. The summed E-state index contributed by atoms with van der Waals surface area (Å²) >= 11 is 0. The molecule has 0 saturated heterocycles. The summed E-state index contributed by atoms with van der Waals surface area (Å²) in [5.41, 5.74) is 0. The van der Waals surface area contributed by atoms with Crippen LogP contribution in [0, 0.1) is 5.92 Å². The molecule has 0 heterocycles. The van der Waals surface area contributed by atoms with Crippen molar-refractivity contribution in [1.29, 1.82) is 0 Å². The monoisotopic (exact) mass is 877 g/mol. The van der Waals surface area contributed by atoms with E-state index in [9.17, 15) is 14.4 Å². The summed E-state index contributed by atoms with van der Waals surface area (Å²) in [5, 5.41) is 0. The fourth-order valence-corrected chi connectivity index (χ4v) is 8.57. The Bertz CT molecular complexity index is 933. The number of rotatable bonds is 51. The summed E-state index contributed by atoms with van der Waals surface area (Å²) in [6.45, 7) is 9.03. The molecular formula is C56H108O6. The van der Waals surface area contributed by atoms with Crippen molar-refractivity contribution in [3.05, 3.63) is 0 Å². The molecule has 0 unspecified atom stereocenters. The summed E-state index contributed by atoms with van der Waals surface area (Å²) in [6, 6.07) is 0. The van der Waals surface area contributed by atoms with E-state index in [1.165, 1.54) is 212 Å². The standard InChI is InChI=1S/C56H108O6/c1-5-7-9-11-13-15-17-19-21-22-23-24-26-28-32-37-41-45-49-56(59)62-53(51-61-55(58)48-44-40-36-33-29-30-34-38-42-46-52(3)4)50-60-54(57)47-43-39-35-31-27-25-20-18-16-14-12-10-8-6-2/h52-53H,5-51H2,1-4H3/t53-/m0/s1. The molecule has 0 aromatic carbocycles. The van der Waals surface area contributed by atoms with E-state index in [4.69, 9.17) is 14.2 Å². The van der Waals surface area contributed by atoms with E-state index in [1.54, 1.807) is 0 Å². The van der Waals surface area contributed by atoms with Gasteiger partial charge in [-0.15, -0.1) is 0 Å². The Morgan fingerprint density at radius 3 is 0.790 bits per heavy atom. The van der Waals surface area contributed by atoms with E-state index in [2.05, 4.69) is 27.7 Å². The van der Waals surface area contributed by atoms with Crippen LogP contribution >= 0.6 is 0 Å². The maximum atomic E-state index is 12.8. The van der Waals surface area contributed by atoms with Crippen molar-refractivity contribution in [2.45, 2.75) is 323 Å². The Morgan fingerprint density at radius 2 is 0.532 bits per heavy atom. The normalized spacial score (nSPS) is 12.0. The Kier molecular flexibility index (Phi) is 49.1. The van der Waals surface area contributed by atoms with Gasteiger partial charge < -0.3 is 14.2 Å². The van der Waals surface area contributed by atoms with Gasteiger partial charge in [-0.05, 0) is 25.2 Å². The van der Waals surface area contributed by atoms with Crippen LogP contribution in [0.5, 0.6) is 0 Å². The number of carbonyl (C=O) groups excluding carboxylic acids is 3. The van der Waals surface area contributed by atoms with Crippen molar-refractivity contribution < 1.29 is 28.6 Å². The lowest BCUT2D eigenvalue weighted by molar-refractivity contribution is -0.167. The van der Waals surface area contributed by atoms with Gasteiger partial charge in [0.2, 0.25) is 0 Å². The Hall–Kier alpha value is -1.59. The van der Waals surface area contributed by atoms with Crippen LogP contribution in [-0.4, -0.2) is 37.2 Å². The minimum atomic E-state index is -0.761. The van der Waals surface area contributed by atoms with Gasteiger partial charge in [-0.3, -0.25) is 14.4 Å². The fraction of sp³-hybridized carbons (Fsp3) is 0.946. The van der Waals surface area contributed by atoms with E-state index in [0.29, 0.717) is 19.3 Å². The SMILES string of the molecule is CCCCCCCCCCCCCCCCCCCCC(=O)O[C@@H](COC(=O)CCCCCCCCCCCCCCCC)COC(=O)CCCCCCCCCCCC(C)C. The van der Waals surface area contributed by atoms with E-state index in [1.807, 2.05) is 0 Å². The molecule has 0 spiro atoms. The quantitative estimate of drug-likeness (QED) is 0.0344. The molecule has 0 N–H and O–H groups in total. The number of carbonyl (C=O) groups is 3. The summed E-state index contributed by atoms with van der Waals surface area (Å²) in [4.78, 5) is 38.0. The van der Waals surface area contributed by atoms with Crippen LogP contribution in [0.3, 0.4) is 0 Å². The van der Waals surface area contributed by atoms with Crippen molar-refractivity contribution in [2.75, 3.05) is 13.2 Å². The average Bonchev–Trinajstić information content (AvgIpc) is 3.26. The maximum absolute atomic E-state index is 12.8. The molecule has 0 amide bonds. The minimum Gasteiger partial charge on any atom is -0.462 e. The molecule has 6 nitrogen and oxygen atoms in total. The highest BCUT2D eigenvalue weighted by Gasteiger charge is 2.19. The van der Waals surface area contributed by atoms with Crippen LogP contribution in [0.15, 0.2) is 0 Å². The molecule has 0 rings (SSSR count). The van der Waals surface area contributed by atoms with Crippen molar-refractivity contribution in [3.63, 3.8) is 0 Å². The van der Waals surface area contributed by atoms with Crippen LogP contribution < -0.4 is 0 Å². The molecule has 62 heavy (non-hydrogen) atoms. The molecule has 0 bridgehead atoms. The first kappa shape index (κ1) is 60.4. The van der Waals surface area contributed by atoms with Crippen LogP contribution in [-0.2, 0) is 28.6 Å². The van der Waals surface area contributed by atoms with Crippen LogP contribution in [0.2, 0.25) is 0 Å². The Labute approximate surface area is 387 Å². The lowest BCUT2D eigenvalue weighted by Crippen LogP contribution is -2.30. The molecule has 1 atom stereocenters. The van der Waals surface area contributed by atoms with Crippen LogP contribution in [0.4, 0.5) is 0 Å². The highest BCUT2D eigenvalue weighted by Crippen LogP contribution is 2.18. The second-order valence-electron chi connectivity index (χ2n) is 19.7. The van der Waals surface area contributed by atoms with Crippen molar-refractivity contribution >= 4 is 17.9 Å². The molecule has 0 radical (unpaired) electrons. The first-order valence-corrected chi connectivity index (χ1v) is 27.9. The van der Waals surface area contributed by atoms with Crippen molar-refractivity contribution in [2.24, 2.45) is 5.92 Å². The van der Waals surface area contributed by atoms with Crippen molar-refractivity contribution in [1.82, 2.24) is 0 Å². The second kappa shape index (κ2) is 50.4. The third-order valence-electron chi connectivity index (χ3n) is 12.8. The van der Waals surface area contributed by atoms with Gasteiger partial charge in [-0.2, -0.15) is 0 Å². The molecule has 0 fully saturated rings. The molecule has 6 heteroatoms. The topological polar surface area (TPSA) is 78.9 Å². The Balaban J connectivity index is 4.28. The minimum absolute atomic E-state index is 0.0624. The van der Waals surface area contributed by atoms with E-state index < -0.39 is 6.10 Å². The van der Waals surface area contributed by atoms with E-state index in [-0.39, 0.29) is 31.1 Å². The van der Waals surface area contributed by atoms with Gasteiger partial charge in [0, 0.05) is 19.3 Å². The number of hydrogen-bond donors (Lipinski definition) is 0. The zero-order chi connectivity index (χ0) is 45.2. The summed E-state index contributed by atoms with van der Waals surface area (Å²) in [7, 11) is 0. The highest BCUT2D eigenvalue weighted by atomic mass is 16.6. The Morgan fingerprint density at radius 1 is 0.306 bits per heavy atom. The summed E-state index contributed by atoms with van der Waals surface area (Å²) in [5.74, 6) is -0.0313. The first-order valence-electron chi connectivity index (χ1n) is 27.9. The van der Waals surface area contributed by atoms with Gasteiger partial charge in [0.1, 0.15) is 13.2 Å². The molecule has 0 aliphatic rings. The number of hydrogen-bond acceptors (Lipinski definition) is 6. The molecule has 0 aliphatic carbocycles. The predicted molar refractivity (Wildman–Crippen MR) is 266 cm³/mol. The van der Waals surface area contributed by atoms with Crippen molar-refractivity contribution in [3.8, 4) is 0 Å². The third-order valence-corrected chi connectivity index (χ3v) is 12.8. The lowest BCUT2D eigenvalue weighted by Gasteiger charge is -2.18. The van der Waals surface area contributed by atoms with Gasteiger partial charge in [0.15, 0.2) is 6.10 Å². The summed E-state index contributed by atoms with van der Waals surface area (Å²) in [6.07, 6.45) is 53.8. The zero-order valence-corrected chi connectivity index (χ0v) is 42.3. The van der Waals surface area contributed by atoms with Gasteiger partial charge in [-0.1, -0.05) is 278 Å². The molecule has 0 saturated carbocycles. The van der Waals surface area contributed by atoms with E-state index >= 15 is 0 Å². The highest BCUT2D eigenvalue weighted by molar-refractivity contribution is 5.71. The molecular weight excluding hydrogens is 769 g/mol. The van der Waals surface area contributed by atoms with Gasteiger partial charge in [0.05, 0.1) is 0 Å². The average molecular weight is 877 g/mol. The largest absolute Gasteiger partial charge is 0.462 e. The fourth-order valence-electron chi connectivity index (χ4n) is 8.57. The van der Waals surface area contributed by atoms with Crippen LogP contribution in [0.1, 0.15) is 317 Å². The zero-order valence-electron chi connectivity index (χ0n) is 42.3. The predicted octanol–water partition coefficient (Wildman–Crippen LogP) is 18.2. The summed E-state index contributed by atoms with van der Waals surface area (Å²) < 4.78 is 16.9. The molecule has 368 valence electrons. The lowest BCUT2D eigenvalue weighted by atomic mass is 10.0. The molecule has 0 aromatic rings. The van der Waals surface area contributed by atoms with Gasteiger partial charge in [0.25, 0.3) is 0 Å². The number of ether oxygens (including phenoxy) is 3. The third kappa shape index (κ3) is 49.4. The van der Waals surface area contributed by atoms with Gasteiger partial charge >= 0.3 is 17.9 Å². The first-order chi connectivity index (χ1) is 30.4. The molecule has 0 aliphatic heterocycles. The van der Waals surface area contributed by atoms with Crippen LogP contribution in [0.25, 0.3) is 0 Å². The van der Waals surface area contributed by atoms with E-state index in [0.717, 1.165) is 63.7 Å². The maximum Gasteiger partial charge on any atom is 0.306 e. The smallest absolute Gasteiger partial charge is 0.306 e. The second-order valence-corrected chi connectivity index (χ2v) is 19.7. The van der Waals surface area contributed by atoms with Gasteiger partial charge in [-0.25, -0.2) is 0 Å².